The summed E-state index contributed by atoms with van der Waals surface area (Å²) in [7, 11) is -2.14. The number of carbonyl (C=O) groups excluding carboxylic acids is 1. The lowest BCUT2D eigenvalue weighted by molar-refractivity contribution is -0.120. The van der Waals surface area contributed by atoms with Crippen LogP contribution in [0.15, 0.2) is 53.4 Å². The van der Waals surface area contributed by atoms with Crippen LogP contribution in [0.4, 0.5) is 5.69 Å². The molecular weight excluding hydrogens is 340 g/mol. The molecule has 2 aromatic carbocycles. The van der Waals surface area contributed by atoms with E-state index in [1.807, 2.05) is 0 Å². The van der Waals surface area contributed by atoms with E-state index in [1.54, 1.807) is 36.4 Å². The maximum atomic E-state index is 12.4. The van der Waals surface area contributed by atoms with Gasteiger partial charge >= 0.3 is 0 Å². The van der Waals surface area contributed by atoms with Crippen LogP contribution in [-0.2, 0) is 21.2 Å². The van der Waals surface area contributed by atoms with Crippen LogP contribution in [0.2, 0.25) is 0 Å². The minimum absolute atomic E-state index is 0.00550. The third-order valence-electron chi connectivity index (χ3n) is 3.88. The van der Waals surface area contributed by atoms with Crippen molar-refractivity contribution in [2.45, 2.75) is 30.2 Å². The summed E-state index contributed by atoms with van der Waals surface area (Å²) >= 11 is 0. The van der Waals surface area contributed by atoms with Crippen molar-refractivity contribution in [3.8, 4) is 5.75 Å². The molecule has 0 atom stereocenters. The first kappa shape index (κ1) is 17.3. The molecule has 132 valence electrons. The molecular formula is C18H20N2O4S. The Morgan fingerprint density at radius 1 is 1.08 bits per heavy atom. The quantitative estimate of drug-likeness (QED) is 0.794. The maximum Gasteiger partial charge on any atom is 0.261 e. The topological polar surface area (TPSA) is 84.5 Å². The summed E-state index contributed by atoms with van der Waals surface area (Å²) in [5.41, 5.74) is 1.28. The molecule has 2 aromatic rings. The van der Waals surface area contributed by atoms with E-state index in [0.29, 0.717) is 23.9 Å². The number of hydrogen-bond acceptors (Lipinski definition) is 4. The molecule has 0 unspecified atom stereocenters. The summed E-state index contributed by atoms with van der Waals surface area (Å²) in [6, 6.07) is 13.3. The fourth-order valence-corrected chi connectivity index (χ4v) is 3.41. The molecule has 3 rings (SSSR count). The van der Waals surface area contributed by atoms with E-state index in [1.165, 1.54) is 19.2 Å². The lowest BCUT2D eigenvalue weighted by atomic mass is 10.1. The first-order valence-electron chi connectivity index (χ1n) is 8.01. The fraction of sp³-hybridized carbons (Fsp3) is 0.278. The van der Waals surface area contributed by atoms with Crippen molar-refractivity contribution >= 4 is 21.6 Å². The summed E-state index contributed by atoms with van der Waals surface area (Å²) in [6.45, 7) is 0. The Kier molecular flexibility index (Phi) is 4.94. The number of ether oxygens (including phenoxy) is 1. The highest BCUT2D eigenvalue weighted by Crippen LogP contribution is 2.20. The van der Waals surface area contributed by atoms with Gasteiger partial charge in [0.05, 0.1) is 18.4 Å². The molecule has 0 spiro atoms. The number of sulfonamides is 1. The Balaban J connectivity index is 1.63. The largest absolute Gasteiger partial charge is 0.497 e. The summed E-state index contributed by atoms with van der Waals surface area (Å²) in [4.78, 5) is 11.9. The van der Waals surface area contributed by atoms with Crippen molar-refractivity contribution in [1.29, 1.82) is 0 Å². The van der Waals surface area contributed by atoms with Gasteiger partial charge in [-0.25, -0.2) is 8.42 Å². The van der Waals surface area contributed by atoms with Gasteiger partial charge in [0.15, 0.2) is 0 Å². The Morgan fingerprint density at radius 2 is 1.72 bits per heavy atom. The van der Waals surface area contributed by atoms with Gasteiger partial charge < -0.3 is 10.1 Å². The molecule has 1 saturated carbocycles. The predicted molar refractivity (Wildman–Crippen MR) is 95.1 cm³/mol. The van der Waals surface area contributed by atoms with Crippen LogP contribution in [0.5, 0.6) is 5.75 Å². The number of hydrogen-bond donors (Lipinski definition) is 2. The second-order valence-corrected chi connectivity index (χ2v) is 7.68. The van der Waals surface area contributed by atoms with E-state index in [0.717, 1.165) is 18.4 Å². The SMILES string of the molecule is COc1ccc(S(=O)(=O)Nc2ccc(CC(=O)NC3CC3)cc2)cc1. The third kappa shape index (κ3) is 4.73. The van der Waals surface area contributed by atoms with Crippen molar-refractivity contribution in [3.05, 3.63) is 54.1 Å². The first-order chi connectivity index (χ1) is 12.0. The summed E-state index contributed by atoms with van der Waals surface area (Å²) < 4.78 is 32.3. The minimum atomic E-state index is -3.67. The van der Waals surface area contributed by atoms with Gasteiger partial charge in [-0.1, -0.05) is 12.1 Å². The van der Waals surface area contributed by atoms with E-state index in [2.05, 4.69) is 10.0 Å². The Labute approximate surface area is 147 Å². The highest BCUT2D eigenvalue weighted by Gasteiger charge is 2.23. The molecule has 1 amide bonds. The van der Waals surface area contributed by atoms with E-state index in [-0.39, 0.29) is 10.8 Å². The normalized spacial score (nSPS) is 14.0. The standard InChI is InChI=1S/C18H20N2O4S/c1-24-16-8-10-17(11-9-16)25(22,23)20-15-4-2-13(3-5-15)12-18(21)19-14-6-7-14/h2-5,8-11,14,20H,6-7,12H2,1H3,(H,19,21). The van der Waals surface area contributed by atoms with Crippen molar-refractivity contribution in [2.75, 3.05) is 11.8 Å². The molecule has 1 aliphatic carbocycles. The van der Waals surface area contributed by atoms with Gasteiger partial charge in [-0.15, -0.1) is 0 Å². The number of benzene rings is 2. The van der Waals surface area contributed by atoms with Crippen LogP contribution in [0, 0.1) is 0 Å². The zero-order valence-electron chi connectivity index (χ0n) is 13.9. The number of nitrogens with one attached hydrogen (secondary N) is 2. The zero-order chi connectivity index (χ0) is 17.9. The second-order valence-electron chi connectivity index (χ2n) is 6.00. The Bertz CT molecular complexity index is 842. The molecule has 25 heavy (non-hydrogen) atoms. The summed E-state index contributed by atoms with van der Waals surface area (Å²) in [5.74, 6) is 0.585. The molecule has 0 heterocycles. The lowest BCUT2D eigenvalue weighted by Crippen LogP contribution is -2.26. The van der Waals surface area contributed by atoms with Crippen molar-refractivity contribution in [1.82, 2.24) is 5.32 Å². The molecule has 0 aliphatic heterocycles. The second kappa shape index (κ2) is 7.14. The average Bonchev–Trinajstić information content (AvgIpc) is 3.40. The van der Waals surface area contributed by atoms with Crippen LogP contribution < -0.4 is 14.8 Å². The Morgan fingerprint density at radius 3 is 2.28 bits per heavy atom. The van der Waals surface area contributed by atoms with Gasteiger partial charge in [-0.05, 0) is 54.8 Å². The van der Waals surface area contributed by atoms with Gasteiger partial charge in [0.25, 0.3) is 10.0 Å². The van der Waals surface area contributed by atoms with Crippen LogP contribution >= 0.6 is 0 Å². The molecule has 0 aromatic heterocycles. The number of amides is 1. The van der Waals surface area contributed by atoms with Gasteiger partial charge in [0.1, 0.15) is 5.75 Å². The number of methoxy groups -OCH3 is 1. The summed E-state index contributed by atoms with van der Waals surface area (Å²) in [6.07, 6.45) is 2.40. The van der Waals surface area contributed by atoms with Gasteiger partial charge in [0.2, 0.25) is 5.91 Å². The smallest absolute Gasteiger partial charge is 0.261 e. The van der Waals surface area contributed by atoms with E-state index in [4.69, 9.17) is 4.74 Å². The molecule has 0 saturated heterocycles. The van der Waals surface area contributed by atoms with Crippen LogP contribution in [0.1, 0.15) is 18.4 Å². The molecule has 0 bridgehead atoms. The van der Waals surface area contributed by atoms with Gasteiger partial charge in [-0.2, -0.15) is 0 Å². The van der Waals surface area contributed by atoms with Gasteiger partial charge in [0, 0.05) is 11.7 Å². The number of anilines is 1. The molecule has 0 radical (unpaired) electrons. The minimum Gasteiger partial charge on any atom is -0.497 e. The molecule has 7 heteroatoms. The molecule has 2 N–H and O–H groups in total. The monoisotopic (exact) mass is 360 g/mol. The maximum absolute atomic E-state index is 12.4. The predicted octanol–water partition coefficient (Wildman–Crippen LogP) is 2.32. The average molecular weight is 360 g/mol. The van der Waals surface area contributed by atoms with Crippen LogP contribution in [0.3, 0.4) is 0 Å². The van der Waals surface area contributed by atoms with E-state index >= 15 is 0 Å². The zero-order valence-corrected chi connectivity index (χ0v) is 14.7. The third-order valence-corrected chi connectivity index (χ3v) is 5.28. The highest BCUT2D eigenvalue weighted by molar-refractivity contribution is 7.92. The number of carbonyl (C=O) groups is 1. The Hall–Kier alpha value is -2.54. The summed E-state index contributed by atoms with van der Waals surface area (Å²) in [5, 5.41) is 2.93. The van der Waals surface area contributed by atoms with Gasteiger partial charge in [-0.3, -0.25) is 9.52 Å². The van der Waals surface area contributed by atoms with Crippen molar-refractivity contribution < 1.29 is 17.9 Å². The number of rotatable bonds is 7. The van der Waals surface area contributed by atoms with Crippen molar-refractivity contribution in [2.24, 2.45) is 0 Å². The molecule has 6 nitrogen and oxygen atoms in total. The van der Waals surface area contributed by atoms with E-state index in [9.17, 15) is 13.2 Å². The molecule has 1 aliphatic rings. The van der Waals surface area contributed by atoms with Crippen LogP contribution in [0.25, 0.3) is 0 Å². The fourth-order valence-electron chi connectivity index (χ4n) is 2.35. The molecule has 1 fully saturated rings. The van der Waals surface area contributed by atoms with Crippen LogP contribution in [-0.4, -0.2) is 27.5 Å². The van der Waals surface area contributed by atoms with Crippen molar-refractivity contribution in [3.63, 3.8) is 0 Å². The highest BCUT2D eigenvalue weighted by atomic mass is 32.2. The lowest BCUT2D eigenvalue weighted by Gasteiger charge is -2.09. The first-order valence-corrected chi connectivity index (χ1v) is 9.50. The van der Waals surface area contributed by atoms with E-state index < -0.39 is 10.0 Å².